The second-order valence-corrected chi connectivity index (χ2v) is 9.16. The normalized spacial score (nSPS) is 15.6. The van der Waals surface area contributed by atoms with Crippen LogP contribution in [0.2, 0.25) is 0 Å². The van der Waals surface area contributed by atoms with Crippen LogP contribution >= 0.6 is 11.8 Å². The van der Waals surface area contributed by atoms with Gasteiger partial charge >= 0.3 is 0 Å². The molecule has 0 saturated carbocycles. The summed E-state index contributed by atoms with van der Waals surface area (Å²) in [5.74, 6) is 0.146. The molecule has 1 saturated heterocycles. The Morgan fingerprint density at radius 1 is 1.15 bits per heavy atom. The minimum atomic E-state index is -0.400. The topological polar surface area (TPSA) is 80.1 Å². The molecule has 0 aliphatic carbocycles. The van der Waals surface area contributed by atoms with Gasteiger partial charge in [-0.1, -0.05) is 35.5 Å². The van der Waals surface area contributed by atoms with Crippen LogP contribution in [0.1, 0.15) is 46.2 Å². The number of aromatic nitrogens is 3. The van der Waals surface area contributed by atoms with Crippen molar-refractivity contribution >= 4 is 29.3 Å². The van der Waals surface area contributed by atoms with Gasteiger partial charge in [0.15, 0.2) is 11.0 Å². The maximum atomic E-state index is 13.5. The van der Waals surface area contributed by atoms with E-state index in [2.05, 4.69) is 15.5 Å². The van der Waals surface area contributed by atoms with Gasteiger partial charge in [-0.05, 0) is 56.5 Å². The van der Waals surface area contributed by atoms with E-state index in [1.807, 2.05) is 54.6 Å². The minimum absolute atomic E-state index is 0.0143. The highest BCUT2D eigenvalue weighted by atomic mass is 32.2. The molecule has 1 fully saturated rings. The van der Waals surface area contributed by atoms with Gasteiger partial charge in [0.2, 0.25) is 5.91 Å². The molecule has 3 aromatic rings. The summed E-state index contributed by atoms with van der Waals surface area (Å²) in [5.41, 5.74) is 3.01. The quantitative estimate of drug-likeness (QED) is 0.548. The summed E-state index contributed by atoms with van der Waals surface area (Å²) in [4.78, 5) is 27.3. The molecule has 2 aromatic carbocycles. The molecule has 1 aliphatic rings. The third-order valence-corrected chi connectivity index (χ3v) is 6.81. The summed E-state index contributed by atoms with van der Waals surface area (Å²) in [7, 11) is 1.85. The Labute approximate surface area is 196 Å². The molecule has 0 spiro atoms. The van der Waals surface area contributed by atoms with Gasteiger partial charge in [-0.15, -0.1) is 10.2 Å². The number of nitrogens with zero attached hydrogens (tertiary/aromatic N) is 4. The van der Waals surface area contributed by atoms with Crippen molar-refractivity contribution in [2.75, 3.05) is 17.6 Å². The van der Waals surface area contributed by atoms with Gasteiger partial charge in [-0.3, -0.25) is 9.59 Å². The molecule has 7 nitrogen and oxygen atoms in total. The summed E-state index contributed by atoms with van der Waals surface area (Å²) < 4.78 is 15.3. The van der Waals surface area contributed by atoms with Crippen molar-refractivity contribution in [1.29, 1.82) is 0 Å². The van der Waals surface area contributed by atoms with E-state index >= 15 is 0 Å². The van der Waals surface area contributed by atoms with Crippen LogP contribution in [0.5, 0.6) is 0 Å². The maximum Gasteiger partial charge on any atom is 0.254 e. The highest BCUT2D eigenvalue weighted by Gasteiger charge is 2.34. The number of carbonyl (C=O) groups excluding carboxylic acids is 2. The average molecular weight is 468 g/mol. The zero-order valence-electron chi connectivity index (χ0n) is 18.8. The second-order valence-electron chi connectivity index (χ2n) is 8.22. The number of carbonyl (C=O) groups is 2. The fourth-order valence-corrected chi connectivity index (χ4v) is 4.65. The molecule has 0 bridgehead atoms. The minimum Gasteiger partial charge on any atom is -0.328 e. The Balaban J connectivity index is 1.42. The number of thioether (sulfide) groups is 1. The molecular weight excluding hydrogens is 441 g/mol. The summed E-state index contributed by atoms with van der Waals surface area (Å²) >= 11 is 1.25. The summed E-state index contributed by atoms with van der Waals surface area (Å²) in [6, 6.07) is 11.7. The van der Waals surface area contributed by atoms with Gasteiger partial charge in [0.25, 0.3) is 5.91 Å². The Hall–Kier alpha value is -3.20. The number of likely N-dealkylation sites (tertiary alicyclic amines) is 1. The van der Waals surface area contributed by atoms with Crippen molar-refractivity contribution in [2.24, 2.45) is 7.05 Å². The van der Waals surface area contributed by atoms with E-state index in [9.17, 15) is 14.0 Å². The summed E-state index contributed by atoms with van der Waals surface area (Å²) in [5, 5.41) is 11.9. The summed E-state index contributed by atoms with van der Waals surface area (Å²) in [6.45, 7) is 4.47. The molecule has 1 N–H and O–H groups in total. The lowest BCUT2D eigenvalue weighted by Crippen LogP contribution is -2.31. The predicted molar refractivity (Wildman–Crippen MR) is 126 cm³/mol. The maximum absolute atomic E-state index is 13.5. The van der Waals surface area contributed by atoms with E-state index in [0.29, 0.717) is 28.8 Å². The molecule has 9 heteroatoms. The Bertz CT molecular complexity index is 1180. The Kier molecular flexibility index (Phi) is 6.78. The molecule has 2 amide bonds. The molecule has 1 aliphatic heterocycles. The van der Waals surface area contributed by atoms with Gasteiger partial charge in [-0.2, -0.15) is 0 Å². The van der Waals surface area contributed by atoms with Crippen LogP contribution in [0, 0.1) is 19.7 Å². The monoisotopic (exact) mass is 467 g/mol. The smallest absolute Gasteiger partial charge is 0.254 e. The van der Waals surface area contributed by atoms with E-state index in [-0.39, 0.29) is 23.6 Å². The third-order valence-electron chi connectivity index (χ3n) is 5.78. The molecule has 0 radical (unpaired) electrons. The number of anilines is 1. The Morgan fingerprint density at radius 3 is 2.67 bits per heavy atom. The first-order valence-electron chi connectivity index (χ1n) is 10.8. The van der Waals surface area contributed by atoms with Crippen molar-refractivity contribution < 1.29 is 14.0 Å². The number of hydrogen-bond donors (Lipinski definition) is 1. The number of amides is 2. The standard InChI is InChI=1S/C24H26FN5O2S/c1-15-6-9-17(10-7-15)23(32)30-12-4-5-20(30)22-27-28-24(29(22)3)33-14-21(31)26-19-13-18(25)11-8-16(19)2/h6-11,13,20H,4-5,12,14H2,1-3H3,(H,26,31). The lowest BCUT2D eigenvalue weighted by atomic mass is 10.1. The van der Waals surface area contributed by atoms with Crippen LogP contribution in [0.3, 0.4) is 0 Å². The van der Waals surface area contributed by atoms with E-state index in [0.717, 1.165) is 24.0 Å². The highest BCUT2D eigenvalue weighted by molar-refractivity contribution is 7.99. The number of hydrogen-bond acceptors (Lipinski definition) is 5. The van der Waals surface area contributed by atoms with Crippen molar-refractivity contribution in [1.82, 2.24) is 19.7 Å². The van der Waals surface area contributed by atoms with Gasteiger partial charge in [-0.25, -0.2) is 4.39 Å². The van der Waals surface area contributed by atoms with Crippen LogP contribution in [0.4, 0.5) is 10.1 Å². The van der Waals surface area contributed by atoms with Crippen LogP contribution < -0.4 is 5.32 Å². The SMILES string of the molecule is Cc1ccc(C(=O)N2CCCC2c2nnc(SCC(=O)Nc3cc(F)ccc3C)n2C)cc1. The van der Waals surface area contributed by atoms with Crippen molar-refractivity contribution in [3.63, 3.8) is 0 Å². The molecule has 33 heavy (non-hydrogen) atoms. The highest BCUT2D eigenvalue weighted by Crippen LogP contribution is 2.33. The fraction of sp³-hybridized carbons (Fsp3) is 0.333. The van der Waals surface area contributed by atoms with Gasteiger partial charge < -0.3 is 14.8 Å². The van der Waals surface area contributed by atoms with E-state index in [4.69, 9.17) is 0 Å². The van der Waals surface area contributed by atoms with Crippen LogP contribution in [-0.2, 0) is 11.8 Å². The number of benzene rings is 2. The lowest BCUT2D eigenvalue weighted by molar-refractivity contribution is -0.113. The van der Waals surface area contributed by atoms with Crippen molar-refractivity contribution in [3.8, 4) is 0 Å². The molecule has 2 heterocycles. The lowest BCUT2D eigenvalue weighted by Gasteiger charge is -2.24. The number of rotatable bonds is 6. The molecule has 1 atom stereocenters. The molecule has 1 unspecified atom stereocenters. The molecule has 1 aromatic heterocycles. The molecule has 172 valence electrons. The predicted octanol–water partition coefficient (Wildman–Crippen LogP) is 4.28. The van der Waals surface area contributed by atoms with Crippen molar-refractivity contribution in [2.45, 2.75) is 37.9 Å². The first kappa shape index (κ1) is 23.0. The third kappa shape index (κ3) is 5.08. The van der Waals surface area contributed by atoms with Crippen LogP contribution in [-0.4, -0.2) is 43.8 Å². The van der Waals surface area contributed by atoms with Gasteiger partial charge in [0.1, 0.15) is 5.82 Å². The van der Waals surface area contributed by atoms with E-state index < -0.39 is 5.82 Å². The van der Waals surface area contributed by atoms with Crippen molar-refractivity contribution in [3.05, 3.63) is 70.8 Å². The molecular formula is C24H26FN5O2S. The first-order chi connectivity index (χ1) is 15.8. The molecule has 4 rings (SSSR count). The van der Waals surface area contributed by atoms with Crippen LogP contribution in [0.15, 0.2) is 47.6 Å². The number of halogens is 1. The second kappa shape index (κ2) is 9.74. The van der Waals surface area contributed by atoms with Gasteiger partial charge in [0.05, 0.1) is 11.8 Å². The van der Waals surface area contributed by atoms with E-state index in [1.54, 1.807) is 6.07 Å². The number of aryl methyl sites for hydroxylation is 2. The first-order valence-corrected chi connectivity index (χ1v) is 11.8. The largest absolute Gasteiger partial charge is 0.328 e. The zero-order chi connectivity index (χ0) is 23.5. The Morgan fingerprint density at radius 2 is 1.91 bits per heavy atom. The van der Waals surface area contributed by atoms with E-state index in [1.165, 1.54) is 23.9 Å². The van der Waals surface area contributed by atoms with Crippen LogP contribution in [0.25, 0.3) is 0 Å². The fourth-order valence-electron chi connectivity index (χ4n) is 3.93. The number of nitrogens with one attached hydrogen (secondary N) is 1. The average Bonchev–Trinajstić information content (AvgIpc) is 3.41. The zero-order valence-corrected chi connectivity index (χ0v) is 19.7. The van der Waals surface area contributed by atoms with Gasteiger partial charge in [0, 0.05) is 24.8 Å². The summed E-state index contributed by atoms with van der Waals surface area (Å²) in [6.07, 6.45) is 1.71.